The van der Waals surface area contributed by atoms with E-state index in [0.717, 1.165) is 6.42 Å². The minimum absolute atomic E-state index is 0.0116. The highest BCUT2D eigenvalue weighted by molar-refractivity contribution is 7.16. The number of hydrogen-bond acceptors (Lipinski definition) is 6. The van der Waals surface area contributed by atoms with Crippen molar-refractivity contribution in [3.63, 3.8) is 0 Å². The van der Waals surface area contributed by atoms with Crippen LogP contribution in [0.4, 0.5) is 14.6 Å². The van der Waals surface area contributed by atoms with Gasteiger partial charge in [-0.15, -0.1) is 0 Å². The Morgan fingerprint density at radius 3 is 2.53 bits per heavy atom. The Kier molecular flexibility index (Phi) is 6.76. The number of likely N-dealkylation sites (tertiary alicyclic amines) is 1. The molecule has 202 valence electrons. The first kappa shape index (κ1) is 26.6. The Morgan fingerprint density at radius 2 is 1.92 bits per heavy atom. The van der Waals surface area contributed by atoms with Crippen molar-refractivity contribution in [2.45, 2.75) is 37.8 Å². The largest absolute Gasteiger partial charge is 0.373 e. The first-order valence-corrected chi connectivity index (χ1v) is 13.3. The van der Waals surface area contributed by atoms with Crippen LogP contribution in [0.3, 0.4) is 0 Å². The summed E-state index contributed by atoms with van der Waals surface area (Å²) in [6.45, 7) is 4.42. The molecule has 2 aromatic heterocycles. The number of rotatable bonds is 6. The number of aromatic nitrogens is 3. The minimum atomic E-state index is -1.52. The van der Waals surface area contributed by atoms with Gasteiger partial charge in [0.1, 0.15) is 35.1 Å². The lowest BCUT2D eigenvalue weighted by Gasteiger charge is -2.61. The second-order valence-corrected chi connectivity index (χ2v) is 10.9. The second-order valence-electron chi connectivity index (χ2n) is 10.3. The summed E-state index contributed by atoms with van der Waals surface area (Å²) >= 11 is 0. The van der Waals surface area contributed by atoms with E-state index in [4.69, 9.17) is 4.74 Å². The smallest absolute Gasteiger partial charge is 0.258 e. The van der Waals surface area contributed by atoms with Crippen molar-refractivity contribution in [1.82, 2.24) is 19.4 Å². The average Bonchev–Trinajstić information content (AvgIpc) is 2.90. The van der Waals surface area contributed by atoms with Crippen molar-refractivity contribution in [1.29, 1.82) is 0 Å². The Bertz CT molecular complexity index is 1470. The number of pyridine rings is 1. The maximum atomic E-state index is 15.2. The lowest BCUT2D eigenvalue weighted by atomic mass is 9.55. The average molecular weight is 544 g/mol. The first-order chi connectivity index (χ1) is 18.0. The fourth-order valence-corrected chi connectivity index (χ4v) is 6.60. The van der Waals surface area contributed by atoms with Crippen LogP contribution in [0.2, 0.25) is 0 Å². The first-order valence-electron chi connectivity index (χ1n) is 12.6. The zero-order valence-corrected chi connectivity index (χ0v) is 23.3. The Labute approximate surface area is 222 Å². The number of piperidine rings is 2. The van der Waals surface area contributed by atoms with Crippen LogP contribution >= 0.6 is 9.24 Å². The van der Waals surface area contributed by atoms with E-state index in [-0.39, 0.29) is 28.9 Å². The summed E-state index contributed by atoms with van der Waals surface area (Å²) in [5.41, 5.74) is 0.224. The minimum Gasteiger partial charge on any atom is -0.373 e. The predicted octanol–water partition coefficient (Wildman–Crippen LogP) is 3.85. The summed E-state index contributed by atoms with van der Waals surface area (Å²) < 4.78 is 36.8. The van der Waals surface area contributed by atoms with E-state index in [1.807, 2.05) is 21.1 Å². The van der Waals surface area contributed by atoms with E-state index in [2.05, 4.69) is 9.97 Å². The maximum Gasteiger partial charge on any atom is 0.258 e. The second kappa shape index (κ2) is 9.65. The van der Waals surface area contributed by atoms with Crippen LogP contribution in [0.25, 0.3) is 11.0 Å². The Balaban J connectivity index is 1.62. The fraction of sp³-hybridized carbons (Fsp3) is 0.481. The molecule has 3 heterocycles. The topological polar surface area (TPSA) is 80.6 Å². The van der Waals surface area contributed by atoms with Crippen molar-refractivity contribution in [2.24, 2.45) is 18.9 Å². The summed E-state index contributed by atoms with van der Waals surface area (Å²) in [6.07, 6.45) is 2.25. The normalized spacial score (nSPS) is 24.2. The number of halogens is 2. The summed E-state index contributed by atoms with van der Waals surface area (Å²) in [4.78, 5) is 38.2. The van der Waals surface area contributed by atoms with Gasteiger partial charge in [-0.1, -0.05) is 27.4 Å². The van der Waals surface area contributed by atoms with Crippen molar-refractivity contribution < 1.29 is 18.3 Å². The highest BCUT2D eigenvalue weighted by Gasteiger charge is 2.61. The zero-order chi connectivity index (χ0) is 27.5. The number of ether oxygens (including phenoxy) is 1. The van der Waals surface area contributed by atoms with Gasteiger partial charge in [0, 0.05) is 64.2 Å². The predicted molar refractivity (Wildman–Crippen MR) is 144 cm³/mol. The molecule has 1 saturated carbocycles. The number of carbonyl (C=O) groups is 1. The molecule has 8 nitrogen and oxygen atoms in total. The fourth-order valence-electron chi connectivity index (χ4n) is 6.35. The van der Waals surface area contributed by atoms with Crippen LogP contribution in [0.5, 0.6) is 0 Å². The molecule has 38 heavy (non-hydrogen) atoms. The van der Waals surface area contributed by atoms with Crippen LogP contribution < -0.4 is 10.5 Å². The highest BCUT2D eigenvalue weighted by Crippen LogP contribution is 2.56. The number of alkyl halides is 1. The number of nitrogens with zero attached hydrogens (tertiary/aromatic N) is 5. The number of hydrogen-bond donors (Lipinski definition) is 0. The number of aryl methyl sites for hydroxylation is 1. The van der Waals surface area contributed by atoms with Crippen molar-refractivity contribution in [3.05, 3.63) is 63.5 Å². The van der Waals surface area contributed by atoms with Gasteiger partial charge >= 0.3 is 0 Å². The molecule has 5 rings (SSSR count). The molecule has 0 N–H and O–H groups in total. The van der Waals surface area contributed by atoms with Crippen LogP contribution in [0, 0.1) is 17.7 Å². The molecule has 0 spiro atoms. The lowest BCUT2D eigenvalue weighted by molar-refractivity contribution is -0.222. The van der Waals surface area contributed by atoms with Crippen LogP contribution in [-0.4, -0.2) is 52.6 Å². The number of carbonyl (C=O) groups excluding carboxylic acids is 1. The molecule has 1 aliphatic heterocycles. The monoisotopic (exact) mass is 543 g/mol. The molecule has 3 aromatic rings. The van der Waals surface area contributed by atoms with Crippen molar-refractivity contribution in [2.75, 3.05) is 32.1 Å². The van der Waals surface area contributed by atoms with E-state index in [0.29, 0.717) is 41.1 Å². The molecular weight excluding hydrogens is 511 g/mol. The summed E-state index contributed by atoms with van der Waals surface area (Å²) in [7, 11) is 7.04. The quantitative estimate of drug-likeness (QED) is 0.440. The van der Waals surface area contributed by atoms with Crippen molar-refractivity contribution in [3.8, 4) is 0 Å². The molecule has 1 aliphatic carbocycles. The summed E-state index contributed by atoms with van der Waals surface area (Å²) in [5, 5.41) is 0.620. The maximum absolute atomic E-state index is 15.2. The Hall–Kier alpha value is -2.97. The van der Waals surface area contributed by atoms with Gasteiger partial charge in [0.05, 0.1) is 17.0 Å². The number of fused-ring (bicyclic) bond motifs is 3. The highest BCUT2D eigenvalue weighted by atomic mass is 31.0. The standard InChI is InChI=1S/C27H32F2N5O3P/c1-14(18-7-6-8-19(22(18)28)23(29)38)32(3)24-20-10-21(26(36)33(4)25(20)31-13-30-24)27(37-5)16-9-17(27)12-34(11-16)15(2)35/h6-8,10,13-14,16-17,23H,9,11-12,38H2,1-5H3/t14-,16?,17?,23?,27?/m1/s1. The van der Waals surface area contributed by atoms with E-state index in [1.165, 1.54) is 17.0 Å². The number of anilines is 1. The lowest BCUT2D eigenvalue weighted by Crippen LogP contribution is -2.67. The molecule has 4 unspecified atom stereocenters. The van der Waals surface area contributed by atoms with E-state index in [1.54, 1.807) is 51.2 Å². The summed E-state index contributed by atoms with van der Waals surface area (Å²) in [6, 6.07) is 6.00. The number of methoxy groups -OCH3 is 1. The van der Waals surface area contributed by atoms with Crippen molar-refractivity contribution >= 4 is 32.0 Å². The molecule has 2 aliphatic rings. The number of benzene rings is 1. The Morgan fingerprint density at radius 1 is 1.26 bits per heavy atom. The SMILES string of the molecule is COC1(c2cc3c(N(C)[C@H](C)c4cccc(C(F)P)c4F)ncnc3n(C)c2=O)C2CC1CN(C(C)=O)C2. The molecular formula is C27H32F2N5O3P. The van der Waals surface area contributed by atoms with Gasteiger partial charge in [-0.2, -0.15) is 0 Å². The van der Waals surface area contributed by atoms with E-state index >= 15 is 4.39 Å². The molecule has 1 saturated heterocycles. The van der Waals surface area contributed by atoms with Gasteiger partial charge in [0.2, 0.25) is 5.91 Å². The third-order valence-electron chi connectivity index (χ3n) is 8.57. The summed E-state index contributed by atoms with van der Waals surface area (Å²) in [5.74, 6) is -1.62. The van der Waals surface area contributed by atoms with Crippen LogP contribution in [0.15, 0.2) is 35.4 Å². The van der Waals surface area contributed by atoms with Gasteiger partial charge < -0.3 is 14.5 Å². The van der Waals surface area contributed by atoms with Crippen LogP contribution in [-0.2, 0) is 22.2 Å². The van der Waals surface area contributed by atoms with Gasteiger partial charge in [-0.25, -0.2) is 18.7 Å². The number of amides is 1. The van der Waals surface area contributed by atoms with E-state index in [9.17, 15) is 14.0 Å². The molecule has 5 atom stereocenters. The molecule has 1 amide bonds. The van der Waals surface area contributed by atoms with Crippen LogP contribution in [0.1, 0.15) is 48.9 Å². The van der Waals surface area contributed by atoms with E-state index < -0.39 is 23.4 Å². The molecule has 11 heteroatoms. The van der Waals surface area contributed by atoms with Gasteiger partial charge in [-0.05, 0) is 19.4 Å². The molecule has 0 radical (unpaired) electrons. The third kappa shape index (κ3) is 3.83. The van der Waals surface area contributed by atoms with Gasteiger partial charge in [-0.3, -0.25) is 14.2 Å². The molecule has 1 aromatic carbocycles. The third-order valence-corrected chi connectivity index (χ3v) is 8.93. The van der Waals surface area contributed by atoms with Gasteiger partial charge in [0.25, 0.3) is 5.56 Å². The van der Waals surface area contributed by atoms with Gasteiger partial charge in [0.15, 0.2) is 0 Å². The zero-order valence-electron chi connectivity index (χ0n) is 22.1. The molecule has 2 fully saturated rings. The molecule has 2 bridgehead atoms.